The number of benzene rings is 1. The molecule has 0 aliphatic carbocycles. The predicted octanol–water partition coefficient (Wildman–Crippen LogP) is 0.145. The van der Waals surface area contributed by atoms with Gasteiger partial charge in [0.2, 0.25) is 16.1 Å². The number of hydrogen-bond acceptors (Lipinski definition) is 7. The number of hydrazine groups is 1. The van der Waals surface area contributed by atoms with Crippen LogP contribution >= 0.6 is 0 Å². The Kier molecular flexibility index (Phi) is 4.81. The number of sulfonamides is 1. The standard InChI is InChI=1S/C16H17N3O7S/c1-8-13(14(9(2)25-8)27(17,22)23)16(21)19-18-15(20)12-7-24-10-5-3-4-6-11(10)26-12/h3-6,12H,7H2,1-2H3,(H,18,20)(H,19,21)(H2,17,22,23)/t12-/m1/s1. The number of nitrogens with two attached hydrogens (primary N) is 1. The summed E-state index contributed by atoms with van der Waals surface area (Å²) in [5, 5.41) is 5.14. The molecular formula is C16H17N3O7S. The van der Waals surface area contributed by atoms with Gasteiger partial charge in [0, 0.05) is 0 Å². The van der Waals surface area contributed by atoms with Gasteiger partial charge in [-0.2, -0.15) is 0 Å². The molecule has 1 aliphatic rings. The molecule has 11 heteroatoms. The van der Waals surface area contributed by atoms with Crippen LogP contribution in [0.15, 0.2) is 33.6 Å². The van der Waals surface area contributed by atoms with Crippen LogP contribution in [-0.4, -0.2) is 32.9 Å². The van der Waals surface area contributed by atoms with E-state index in [1.54, 1.807) is 24.3 Å². The number of furan rings is 1. The van der Waals surface area contributed by atoms with E-state index in [0.29, 0.717) is 11.5 Å². The van der Waals surface area contributed by atoms with Gasteiger partial charge in [-0.25, -0.2) is 13.6 Å². The minimum absolute atomic E-state index is 0.0212. The molecule has 0 saturated carbocycles. The molecule has 10 nitrogen and oxygen atoms in total. The number of hydrogen-bond donors (Lipinski definition) is 3. The molecular weight excluding hydrogens is 378 g/mol. The van der Waals surface area contributed by atoms with Gasteiger partial charge in [0.15, 0.2) is 11.5 Å². The first-order valence-electron chi connectivity index (χ1n) is 7.80. The van der Waals surface area contributed by atoms with E-state index < -0.39 is 32.8 Å². The summed E-state index contributed by atoms with van der Waals surface area (Å²) in [6.07, 6.45) is -0.995. The normalized spacial score (nSPS) is 15.9. The number of fused-ring (bicyclic) bond motifs is 1. The van der Waals surface area contributed by atoms with E-state index in [1.807, 2.05) is 0 Å². The number of amides is 2. The van der Waals surface area contributed by atoms with Gasteiger partial charge in [-0.3, -0.25) is 20.4 Å². The SMILES string of the molecule is Cc1oc(C)c(S(N)(=O)=O)c1C(=O)NNC(=O)[C@H]1COc2ccccc2O1. The molecule has 3 rings (SSSR count). The Morgan fingerprint density at radius 1 is 1.11 bits per heavy atom. The number of para-hydroxylation sites is 2. The predicted molar refractivity (Wildman–Crippen MR) is 91.5 cm³/mol. The number of aryl methyl sites for hydroxylation is 2. The largest absolute Gasteiger partial charge is 0.485 e. The van der Waals surface area contributed by atoms with Gasteiger partial charge in [0.05, 0.1) is 0 Å². The highest BCUT2D eigenvalue weighted by Crippen LogP contribution is 2.30. The van der Waals surface area contributed by atoms with Crippen molar-refractivity contribution in [1.29, 1.82) is 0 Å². The quantitative estimate of drug-likeness (QED) is 0.626. The smallest absolute Gasteiger partial charge is 0.283 e. The lowest BCUT2D eigenvalue weighted by atomic mass is 10.2. The molecule has 144 valence electrons. The van der Waals surface area contributed by atoms with Gasteiger partial charge < -0.3 is 13.9 Å². The molecule has 0 saturated heterocycles. The van der Waals surface area contributed by atoms with Crippen LogP contribution in [0.5, 0.6) is 11.5 Å². The van der Waals surface area contributed by atoms with Crippen LogP contribution in [0.2, 0.25) is 0 Å². The maximum atomic E-state index is 12.4. The second-order valence-corrected chi connectivity index (χ2v) is 7.27. The van der Waals surface area contributed by atoms with Crippen molar-refractivity contribution in [3.63, 3.8) is 0 Å². The molecule has 0 radical (unpaired) electrons. The maximum absolute atomic E-state index is 12.4. The average molecular weight is 395 g/mol. The maximum Gasteiger partial charge on any atom is 0.283 e. The minimum atomic E-state index is -4.19. The fourth-order valence-electron chi connectivity index (χ4n) is 2.68. The van der Waals surface area contributed by atoms with E-state index in [4.69, 9.17) is 19.0 Å². The Labute approximate surface area is 154 Å². The number of nitrogens with one attached hydrogen (secondary N) is 2. The molecule has 1 aliphatic heterocycles. The Morgan fingerprint density at radius 2 is 1.78 bits per heavy atom. The first kappa shape index (κ1) is 18.7. The average Bonchev–Trinajstić information content (AvgIpc) is 2.93. The van der Waals surface area contributed by atoms with E-state index in [2.05, 4.69) is 10.9 Å². The summed E-state index contributed by atoms with van der Waals surface area (Å²) in [6.45, 7) is 2.73. The fraction of sp³-hybridized carbons (Fsp3) is 0.250. The van der Waals surface area contributed by atoms with E-state index in [0.717, 1.165) is 0 Å². The van der Waals surface area contributed by atoms with Crippen molar-refractivity contribution in [1.82, 2.24) is 10.9 Å². The first-order chi connectivity index (χ1) is 12.7. The van der Waals surface area contributed by atoms with Crippen LogP contribution in [0.25, 0.3) is 0 Å². The highest BCUT2D eigenvalue weighted by Gasteiger charge is 2.31. The lowest BCUT2D eigenvalue weighted by Crippen LogP contribution is -2.51. The first-order valence-corrected chi connectivity index (χ1v) is 9.34. The molecule has 0 unspecified atom stereocenters. The van der Waals surface area contributed by atoms with E-state index in [-0.39, 0.29) is 23.7 Å². The molecule has 27 heavy (non-hydrogen) atoms. The van der Waals surface area contributed by atoms with E-state index in [1.165, 1.54) is 13.8 Å². The second kappa shape index (κ2) is 6.93. The zero-order valence-electron chi connectivity index (χ0n) is 14.4. The lowest BCUT2D eigenvalue weighted by molar-refractivity contribution is -0.131. The summed E-state index contributed by atoms with van der Waals surface area (Å²) in [5.41, 5.74) is 4.03. The Hall–Kier alpha value is -3.05. The summed E-state index contributed by atoms with van der Waals surface area (Å²) in [5.74, 6) is -0.630. The summed E-state index contributed by atoms with van der Waals surface area (Å²) >= 11 is 0. The highest BCUT2D eigenvalue weighted by atomic mass is 32.2. The van der Waals surface area contributed by atoms with Gasteiger partial charge in [-0.1, -0.05) is 12.1 Å². The molecule has 4 N–H and O–H groups in total. The van der Waals surface area contributed by atoms with Crippen LogP contribution in [-0.2, 0) is 14.8 Å². The Bertz CT molecular complexity index is 1010. The Balaban J connectivity index is 1.70. The third kappa shape index (κ3) is 3.73. The molecule has 1 atom stereocenters. The molecule has 2 aromatic rings. The third-order valence-corrected chi connectivity index (χ3v) is 4.88. The number of carbonyl (C=O) groups excluding carboxylic acids is 2. The van der Waals surface area contributed by atoms with Crippen LogP contribution in [0.3, 0.4) is 0 Å². The van der Waals surface area contributed by atoms with E-state index in [9.17, 15) is 18.0 Å². The number of carbonyl (C=O) groups is 2. The number of rotatable bonds is 3. The van der Waals surface area contributed by atoms with Crippen molar-refractivity contribution < 1.29 is 31.9 Å². The van der Waals surface area contributed by atoms with Crippen LogP contribution in [0, 0.1) is 13.8 Å². The van der Waals surface area contributed by atoms with Crippen molar-refractivity contribution in [2.75, 3.05) is 6.61 Å². The summed E-state index contributed by atoms with van der Waals surface area (Å²) in [4.78, 5) is 24.1. The zero-order valence-corrected chi connectivity index (χ0v) is 15.3. The molecule has 0 fully saturated rings. The molecule has 2 amide bonds. The monoisotopic (exact) mass is 395 g/mol. The zero-order chi connectivity index (χ0) is 19.8. The molecule has 1 aromatic heterocycles. The minimum Gasteiger partial charge on any atom is -0.485 e. The lowest BCUT2D eigenvalue weighted by Gasteiger charge is -2.25. The number of primary sulfonamides is 1. The second-order valence-electron chi connectivity index (χ2n) is 5.77. The fourth-order valence-corrected chi connectivity index (χ4v) is 3.64. The molecule has 0 bridgehead atoms. The van der Waals surface area contributed by atoms with Crippen LogP contribution < -0.4 is 25.5 Å². The molecule has 0 spiro atoms. The van der Waals surface area contributed by atoms with Crippen molar-refractivity contribution in [3.05, 3.63) is 41.3 Å². The topological polar surface area (TPSA) is 150 Å². The number of ether oxygens (including phenoxy) is 2. The van der Waals surface area contributed by atoms with Gasteiger partial charge in [-0.05, 0) is 26.0 Å². The summed E-state index contributed by atoms with van der Waals surface area (Å²) in [6, 6.07) is 6.83. The van der Waals surface area contributed by atoms with Crippen LogP contribution in [0.1, 0.15) is 21.9 Å². The van der Waals surface area contributed by atoms with E-state index >= 15 is 0 Å². The van der Waals surface area contributed by atoms with Gasteiger partial charge in [-0.15, -0.1) is 0 Å². The highest BCUT2D eigenvalue weighted by molar-refractivity contribution is 7.89. The molecule has 2 heterocycles. The van der Waals surface area contributed by atoms with Crippen molar-refractivity contribution >= 4 is 21.8 Å². The van der Waals surface area contributed by atoms with Crippen molar-refractivity contribution in [3.8, 4) is 11.5 Å². The summed E-state index contributed by atoms with van der Waals surface area (Å²) in [7, 11) is -4.19. The van der Waals surface area contributed by atoms with Crippen molar-refractivity contribution in [2.45, 2.75) is 24.8 Å². The summed E-state index contributed by atoms with van der Waals surface area (Å²) < 4.78 is 39.5. The Morgan fingerprint density at radius 3 is 2.44 bits per heavy atom. The van der Waals surface area contributed by atoms with Gasteiger partial charge >= 0.3 is 0 Å². The van der Waals surface area contributed by atoms with Gasteiger partial charge in [0.1, 0.15) is 28.6 Å². The van der Waals surface area contributed by atoms with Crippen LogP contribution in [0.4, 0.5) is 0 Å². The molecule has 1 aromatic carbocycles. The van der Waals surface area contributed by atoms with Crippen molar-refractivity contribution in [2.24, 2.45) is 5.14 Å². The van der Waals surface area contributed by atoms with Gasteiger partial charge in [0.25, 0.3) is 11.8 Å². The third-order valence-electron chi connectivity index (χ3n) is 3.82.